The van der Waals surface area contributed by atoms with Gasteiger partial charge in [-0.2, -0.15) is 11.8 Å². The number of imidazole rings is 1. The summed E-state index contributed by atoms with van der Waals surface area (Å²) in [7, 11) is 0. The first kappa shape index (κ1) is 18.8. The number of thioether (sulfide) groups is 1. The Labute approximate surface area is 159 Å². The van der Waals surface area contributed by atoms with Crippen molar-refractivity contribution in [3.8, 4) is 0 Å². The molecule has 1 fully saturated rings. The first-order valence-corrected chi connectivity index (χ1v) is 10.4. The number of aromatic nitrogens is 3. The molecule has 2 aromatic rings. The Balaban J connectivity index is 1.42. The van der Waals surface area contributed by atoms with Gasteiger partial charge in [-0.1, -0.05) is 13.8 Å². The molecular weight excluding hydrogens is 346 g/mol. The molecule has 140 valence electrons. The number of rotatable bonds is 8. The fourth-order valence-electron chi connectivity index (χ4n) is 3.03. The summed E-state index contributed by atoms with van der Waals surface area (Å²) in [5, 5.41) is 6.38. The smallest absolute Gasteiger partial charge is 0.252 e. The van der Waals surface area contributed by atoms with Gasteiger partial charge in [0.2, 0.25) is 0 Å². The lowest BCUT2D eigenvalue weighted by Gasteiger charge is -2.12. The number of anilines is 1. The normalized spacial score (nSPS) is 16.8. The first-order valence-electron chi connectivity index (χ1n) is 9.23. The van der Waals surface area contributed by atoms with Gasteiger partial charge in [-0.25, -0.2) is 9.97 Å². The minimum Gasteiger partial charge on any atom is -0.366 e. The standard InChI is InChI=1S/C19H27N5OS/c1-14(2)18-20-8-10-24(18)9-3-7-21-19(25)15-4-5-17(22-12-15)23-16-6-11-26-13-16/h4-5,8,10,12,14,16H,3,6-7,9,11,13H2,1-2H3,(H,21,25)(H,22,23)/t16-/m1/s1. The van der Waals surface area contributed by atoms with Crippen LogP contribution in [0.15, 0.2) is 30.7 Å². The second-order valence-corrected chi connectivity index (χ2v) is 8.03. The van der Waals surface area contributed by atoms with Crippen LogP contribution in [-0.4, -0.2) is 44.5 Å². The van der Waals surface area contributed by atoms with Gasteiger partial charge in [0, 0.05) is 49.4 Å². The summed E-state index contributed by atoms with van der Waals surface area (Å²) >= 11 is 1.96. The van der Waals surface area contributed by atoms with Crippen LogP contribution in [0.1, 0.15) is 48.8 Å². The summed E-state index contributed by atoms with van der Waals surface area (Å²) in [6.45, 7) is 5.76. The number of pyridine rings is 1. The number of hydrogen-bond acceptors (Lipinski definition) is 5. The van der Waals surface area contributed by atoms with Gasteiger partial charge in [-0.15, -0.1) is 0 Å². The second kappa shape index (κ2) is 9.07. The highest BCUT2D eigenvalue weighted by atomic mass is 32.2. The molecule has 3 rings (SSSR count). The highest BCUT2D eigenvalue weighted by Gasteiger charge is 2.15. The Morgan fingerprint density at radius 3 is 2.96 bits per heavy atom. The predicted molar refractivity (Wildman–Crippen MR) is 107 cm³/mol. The van der Waals surface area contributed by atoms with Crippen LogP contribution >= 0.6 is 11.8 Å². The maximum Gasteiger partial charge on any atom is 0.252 e. The molecule has 0 aliphatic carbocycles. The molecule has 1 saturated heterocycles. The van der Waals surface area contributed by atoms with Crippen LogP contribution in [0.2, 0.25) is 0 Å². The van der Waals surface area contributed by atoms with E-state index < -0.39 is 0 Å². The van der Waals surface area contributed by atoms with Crippen molar-refractivity contribution in [2.45, 2.75) is 45.2 Å². The van der Waals surface area contributed by atoms with E-state index in [2.05, 4.69) is 39.0 Å². The molecule has 0 unspecified atom stereocenters. The summed E-state index contributed by atoms with van der Waals surface area (Å²) in [5.74, 6) is 4.59. The van der Waals surface area contributed by atoms with Crippen molar-refractivity contribution in [1.29, 1.82) is 0 Å². The molecule has 0 bridgehead atoms. The fourth-order valence-corrected chi connectivity index (χ4v) is 4.19. The van der Waals surface area contributed by atoms with Crippen molar-refractivity contribution < 1.29 is 4.79 Å². The van der Waals surface area contributed by atoms with Gasteiger partial charge in [-0.05, 0) is 30.7 Å². The van der Waals surface area contributed by atoms with E-state index in [0.29, 0.717) is 24.1 Å². The third kappa shape index (κ3) is 5.00. The number of hydrogen-bond donors (Lipinski definition) is 2. The Kier molecular flexibility index (Phi) is 6.55. The lowest BCUT2D eigenvalue weighted by molar-refractivity contribution is 0.0952. The van der Waals surface area contributed by atoms with E-state index >= 15 is 0 Å². The van der Waals surface area contributed by atoms with Crippen molar-refractivity contribution in [3.63, 3.8) is 0 Å². The molecule has 26 heavy (non-hydrogen) atoms. The Morgan fingerprint density at radius 1 is 1.38 bits per heavy atom. The molecule has 3 heterocycles. The topological polar surface area (TPSA) is 71.8 Å². The molecular formula is C19H27N5OS. The molecule has 1 aliphatic heterocycles. The zero-order valence-electron chi connectivity index (χ0n) is 15.4. The number of amides is 1. The Morgan fingerprint density at radius 2 is 2.27 bits per heavy atom. The molecule has 1 aliphatic rings. The zero-order chi connectivity index (χ0) is 18.4. The summed E-state index contributed by atoms with van der Waals surface area (Å²) in [6.07, 6.45) is 7.51. The second-order valence-electron chi connectivity index (χ2n) is 6.88. The van der Waals surface area contributed by atoms with Crippen molar-refractivity contribution in [2.24, 2.45) is 0 Å². The Bertz CT molecular complexity index is 707. The van der Waals surface area contributed by atoms with Gasteiger partial charge < -0.3 is 15.2 Å². The highest BCUT2D eigenvalue weighted by molar-refractivity contribution is 7.99. The summed E-state index contributed by atoms with van der Waals surface area (Å²) in [4.78, 5) is 21.0. The minimum atomic E-state index is -0.0739. The van der Waals surface area contributed by atoms with Crippen LogP contribution in [0.5, 0.6) is 0 Å². The molecule has 0 spiro atoms. The third-order valence-corrected chi connectivity index (χ3v) is 5.60. The maximum absolute atomic E-state index is 12.2. The average Bonchev–Trinajstić information content (AvgIpc) is 3.31. The lowest BCUT2D eigenvalue weighted by atomic mass is 10.2. The Hall–Kier alpha value is -2.02. The van der Waals surface area contributed by atoms with Crippen molar-refractivity contribution in [3.05, 3.63) is 42.1 Å². The zero-order valence-corrected chi connectivity index (χ0v) is 16.3. The summed E-state index contributed by atoms with van der Waals surface area (Å²) < 4.78 is 2.15. The first-order chi connectivity index (χ1) is 12.6. The van der Waals surface area contributed by atoms with Crippen LogP contribution in [0, 0.1) is 0 Å². The van der Waals surface area contributed by atoms with Crippen LogP contribution < -0.4 is 10.6 Å². The number of aryl methyl sites for hydroxylation is 1. The maximum atomic E-state index is 12.2. The van der Waals surface area contributed by atoms with Gasteiger partial charge in [0.25, 0.3) is 5.91 Å². The van der Waals surface area contributed by atoms with E-state index in [-0.39, 0.29) is 5.91 Å². The minimum absolute atomic E-state index is 0.0739. The molecule has 6 nitrogen and oxygen atoms in total. The van der Waals surface area contributed by atoms with Crippen LogP contribution in [0.4, 0.5) is 5.82 Å². The fraction of sp³-hybridized carbons (Fsp3) is 0.526. The van der Waals surface area contributed by atoms with Gasteiger partial charge in [-0.3, -0.25) is 4.79 Å². The quantitative estimate of drug-likeness (QED) is 0.696. The van der Waals surface area contributed by atoms with E-state index in [0.717, 1.165) is 30.4 Å². The highest BCUT2D eigenvalue weighted by Crippen LogP contribution is 2.20. The van der Waals surface area contributed by atoms with Gasteiger partial charge in [0.1, 0.15) is 11.6 Å². The molecule has 0 aromatic carbocycles. The molecule has 2 N–H and O–H groups in total. The van der Waals surface area contributed by atoms with E-state index in [1.54, 1.807) is 6.20 Å². The summed E-state index contributed by atoms with van der Waals surface area (Å²) in [6, 6.07) is 4.21. The van der Waals surface area contributed by atoms with Crippen LogP contribution in [0.25, 0.3) is 0 Å². The van der Waals surface area contributed by atoms with Crippen molar-refractivity contribution in [2.75, 3.05) is 23.4 Å². The van der Waals surface area contributed by atoms with Crippen LogP contribution in [0.3, 0.4) is 0 Å². The monoisotopic (exact) mass is 373 g/mol. The molecule has 1 atom stereocenters. The SMILES string of the molecule is CC(C)c1nccn1CCCNC(=O)c1ccc(N[C@@H]2CCSC2)nc1. The molecule has 0 saturated carbocycles. The largest absolute Gasteiger partial charge is 0.366 e. The molecule has 1 amide bonds. The van der Waals surface area contributed by atoms with Gasteiger partial charge in [0.15, 0.2) is 0 Å². The molecule has 7 heteroatoms. The number of nitrogens with one attached hydrogen (secondary N) is 2. The van der Waals surface area contributed by atoms with E-state index in [4.69, 9.17) is 0 Å². The number of carbonyl (C=O) groups excluding carboxylic acids is 1. The van der Waals surface area contributed by atoms with Crippen molar-refractivity contribution in [1.82, 2.24) is 19.9 Å². The predicted octanol–water partition coefficient (Wildman–Crippen LogP) is 3.14. The van der Waals surface area contributed by atoms with Crippen molar-refractivity contribution >= 4 is 23.5 Å². The number of carbonyl (C=O) groups is 1. The molecule has 2 aromatic heterocycles. The summed E-state index contributed by atoms with van der Waals surface area (Å²) in [5.41, 5.74) is 0.599. The van der Waals surface area contributed by atoms with E-state index in [1.165, 1.54) is 12.2 Å². The van der Waals surface area contributed by atoms with Crippen LogP contribution in [-0.2, 0) is 6.54 Å². The average molecular weight is 374 g/mol. The van der Waals surface area contributed by atoms with Gasteiger partial charge >= 0.3 is 0 Å². The van der Waals surface area contributed by atoms with E-state index in [9.17, 15) is 4.79 Å². The molecule has 0 radical (unpaired) electrons. The van der Waals surface area contributed by atoms with Gasteiger partial charge in [0.05, 0.1) is 5.56 Å². The van der Waals surface area contributed by atoms with E-state index in [1.807, 2.05) is 36.3 Å². The third-order valence-electron chi connectivity index (χ3n) is 4.43. The lowest BCUT2D eigenvalue weighted by Crippen LogP contribution is -2.25. The number of nitrogens with zero attached hydrogens (tertiary/aromatic N) is 3.